The molecule has 0 aliphatic rings. The summed E-state index contributed by atoms with van der Waals surface area (Å²) in [7, 11) is 0. The molecule has 1 rings (SSSR count). The van der Waals surface area contributed by atoms with Crippen LogP contribution in [0.5, 0.6) is 0 Å². The molecule has 0 saturated carbocycles. The number of halogens is 3. The number of thiocarbonyl (C=S) groups is 1. The third-order valence-corrected chi connectivity index (χ3v) is 1.59. The molecule has 0 fully saturated rings. The van der Waals surface area contributed by atoms with E-state index >= 15 is 0 Å². The smallest absolute Gasteiger partial charge is 0.171 e. The van der Waals surface area contributed by atoms with Crippen molar-refractivity contribution in [3.8, 4) is 0 Å². The largest absolute Gasteiger partial charge is 0.335 e. The highest BCUT2D eigenvalue weighted by molar-refractivity contribution is 7.83. The van der Waals surface area contributed by atoms with Gasteiger partial charge in [0.15, 0.2) is 4.45 Å². The lowest BCUT2D eigenvalue weighted by Gasteiger charge is -2.03. The second-order valence-corrected chi connectivity index (χ2v) is 3.47. The third-order valence-electron chi connectivity index (χ3n) is 1.16. The molecule has 0 unspecified atom stereocenters. The van der Waals surface area contributed by atoms with Crippen molar-refractivity contribution in [3.63, 3.8) is 0 Å². The van der Waals surface area contributed by atoms with Gasteiger partial charge in [-0.15, -0.1) is 0 Å². The van der Waals surface area contributed by atoms with E-state index in [1.165, 1.54) is 18.2 Å². The summed E-state index contributed by atoms with van der Waals surface area (Å²) in [4.78, 5) is 0. The lowest BCUT2D eigenvalue weighted by molar-refractivity contribution is 0.632. The Labute approximate surface area is 84.5 Å². The van der Waals surface area contributed by atoms with Crippen molar-refractivity contribution in [2.24, 2.45) is 0 Å². The second kappa shape index (κ2) is 4.03. The van der Waals surface area contributed by atoms with Crippen molar-refractivity contribution < 1.29 is 4.39 Å². The van der Waals surface area contributed by atoms with Crippen LogP contribution in [0, 0.1) is 5.82 Å². The first-order valence-corrected chi connectivity index (χ1v) is 4.17. The Hall–Kier alpha value is -0.380. The van der Waals surface area contributed by atoms with E-state index in [0.29, 0.717) is 5.02 Å². The van der Waals surface area contributed by atoms with Gasteiger partial charge in [-0.05, 0) is 30.4 Å². The molecule has 0 amide bonds. The Morgan fingerprint density at radius 3 is 2.75 bits per heavy atom. The first-order valence-electron chi connectivity index (χ1n) is 3.01. The molecule has 0 aromatic heterocycles. The number of benzene rings is 1. The fraction of sp³-hybridized carbons (Fsp3) is 0. The van der Waals surface area contributed by atoms with Gasteiger partial charge in [-0.1, -0.05) is 23.2 Å². The predicted molar refractivity (Wildman–Crippen MR) is 53.5 cm³/mol. The average molecular weight is 224 g/mol. The Kier molecular flexibility index (Phi) is 3.26. The molecule has 64 valence electrons. The third kappa shape index (κ3) is 2.59. The molecule has 1 aromatic rings. The minimum Gasteiger partial charge on any atom is -0.335 e. The van der Waals surface area contributed by atoms with Crippen LogP contribution < -0.4 is 5.32 Å². The predicted octanol–water partition coefficient (Wildman–Crippen LogP) is 3.41. The van der Waals surface area contributed by atoms with Gasteiger partial charge in [0.2, 0.25) is 0 Å². The van der Waals surface area contributed by atoms with Crippen LogP contribution in [0.25, 0.3) is 0 Å². The maximum Gasteiger partial charge on any atom is 0.171 e. The monoisotopic (exact) mass is 223 g/mol. The molecule has 1 nitrogen and oxygen atoms in total. The zero-order valence-corrected chi connectivity index (χ0v) is 8.10. The van der Waals surface area contributed by atoms with E-state index < -0.39 is 5.82 Å². The van der Waals surface area contributed by atoms with E-state index in [4.69, 9.17) is 23.2 Å². The number of nitrogens with one attached hydrogen (secondary N) is 1. The number of hydrogen-bond acceptors (Lipinski definition) is 1. The summed E-state index contributed by atoms with van der Waals surface area (Å²) in [6, 6.07) is 4.09. The number of hydrogen-bond donors (Lipinski definition) is 1. The van der Waals surface area contributed by atoms with E-state index in [1.807, 2.05) is 0 Å². The molecule has 5 heteroatoms. The Morgan fingerprint density at radius 2 is 2.17 bits per heavy atom. The minimum atomic E-state index is -0.442. The lowest BCUT2D eigenvalue weighted by Crippen LogP contribution is -2.02. The Morgan fingerprint density at radius 1 is 1.50 bits per heavy atom. The molecule has 1 aromatic carbocycles. The zero-order chi connectivity index (χ0) is 9.14. The highest BCUT2D eigenvalue weighted by Gasteiger charge is 2.02. The minimum absolute atomic E-state index is 0.0174. The van der Waals surface area contributed by atoms with E-state index in [-0.39, 0.29) is 10.1 Å². The molecule has 0 atom stereocenters. The molecule has 0 saturated heterocycles. The van der Waals surface area contributed by atoms with Gasteiger partial charge in [0.05, 0.1) is 5.69 Å². The molecule has 0 aliphatic heterocycles. The van der Waals surface area contributed by atoms with Crippen molar-refractivity contribution >= 4 is 45.6 Å². The summed E-state index contributed by atoms with van der Waals surface area (Å²) in [5, 5.41) is 2.87. The fourth-order valence-corrected chi connectivity index (χ4v) is 1.08. The molecule has 12 heavy (non-hydrogen) atoms. The highest BCUT2D eigenvalue weighted by atomic mass is 35.5. The molecular weight excluding hydrogens is 220 g/mol. The quantitative estimate of drug-likeness (QED) is 0.445. The summed E-state index contributed by atoms with van der Waals surface area (Å²) in [6.07, 6.45) is 0. The van der Waals surface area contributed by atoms with Gasteiger partial charge in [0, 0.05) is 5.02 Å². The van der Waals surface area contributed by atoms with Crippen LogP contribution in [0.4, 0.5) is 10.1 Å². The van der Waals surface area contributed by atoms with Crippen molar-refractivity contribution in [2.75, 3.05) is 5.32 Å². The standard InChI is InChI=1S/C7H4Cl2FNS/c8-4-1-2-5(10)6(3-4)11-7(9)12/h1-3H,(H,11,12). The molecule has 0 spiro atoms. The van der Waals surface area contributed by atoms with Crippen LogP contribution in [-0.4, -0.2) is 4.45 Å². The van der Waals surface area contributed by atoms with Gasteiger partial charge in [-0.25, -0.2) is 4.39 Å². The van der Waals surface area contributed by atoms with Gasteiger partial charge in [0.25, 0.3) is 0 Å². The first-order chi connectivity index (χ1) is 5.59. The highest BCUT2D eigenvalue weighted by Crippen LogP contribution is 2.19. The maximum absolute atomic E-state index is 12.9. The van der Waals surface area contributed by atoms with Gasteiger partial charge < -0.3 is 5.32 Å². The lowest BCUT2D eigenvalue weighted by atomic mass is 10.3. The van der Waals surface area contributed by atoms with Crippen LogP contribution in [0.2, 0.25) is 5.02 Å². The van der Waals surface area contributed by atoms with Crippen LogP contribution in [-0.2, 0) is 0 Å². The molecule has 1 N–H and O–H groups in total. The Bertz CT molecular complexity index is 316. The van der Waals surface area contributed by atoms with Crippen LogP contribution >= 0.6 is 35.4 Å². The summed E-state index contributed by atoms with van der Waals surface area (Å²) < 4.78 is 12.9. The van der Waals surface area contributed by atoms with Crippen LogP contribution in [0.3, 0.4) is 0 Å². The average Bonchev–Trinajstić information content (AvgIpc) is 1.96. The molecule has 0 bridgehead atoms. The van der Waals surface area contributed by atoms with Crippen molar-refractivity contribution in [2.45, 2.75) is 0 Å². The zero-order valence-electron chi connectivity index (χ0n) is 5.77. The van der Waals surface area contributed by atoms with E-state index in [1.54, 1.807) is 0 Å². The van der Waals surface area contributed by atoms with E-state index in [0.717, 1.165) is 0 Å². The summed E-state index contributed by atoms with van der Waals surface area (Å²) >= 11 is 15.5. The summed E-state index contributed by atoms with van der Waals surface area (Å²) in [5.74, 6) is -0.442. The topological polar surface area (TPSA) is 12.0 Å². The molecule has 0 radical (unpaired) electrons. The molecule has 0 heterocycles. The van der Waals surface area contributed by atoms with Crippen molar-refractivity contribution in [3.05, 3.63) is 29.0 Å². The van der Waals surface area contributed by atoms with Crippen molar-refractivity contribution in [1.82, 2.24) is 0 Å². The first kappa shape index (κ1) is 9.71. The molecule has 0 aliphatic carbocycles. The molecular formula is C7H4Cl2FNS. The van der Waals surface area contributed by atoms with Crippen LogP contribution in [0.15, 0.2) is 18.2 Å². The summed E-state index contributed by atoms with van der Waals surface area (Å²) in [6.45, 7) is 0. The fourth-order valence-electron chi connectivity index (χ4n) is 0.699. The normalized spacial score (nSPS) is 9.58. The maximum atomic E-state index is 12.9. The summed E-state index contributed by atoms with van der Waals surface area (Å²) in [5.41, 5.74) is 0.183. The van der Waals surface area contributed by atoms with Gasteiger partial charge >= 0.3 is 0 Å². The SMILES string of the molecule is Fc1ccc(Cl)cc1NC(=S)Cl. The van der Waals surface area contributed by atoms with E-state index in [2.05, 4.69) is 17.5 Å². The Balaban J connectivity index is 2.97. The van der Waals surface area contributed by atoms with Crippen LogP contribution in [0.1, 0.15) is 0 Å². The van der Waals surface area contributed by atoms with Gasteiger partial charge in [0.1, 0.15) is 5.82 Å². The van der Waals surface area contributed by atoms with Crippen molar-refractivity contribution in [1.29, 1.82) is 0 Å². The number of rotatable bonds is 1. The second-order valence-electron chi connectivity index (χ2n) is 2.02. The number of anilines is 1. The van der Waals surface area contributed by atoms with Gasteiger partial charge in [-0.3, -0.25) is 0 Å². The van der Waals surface area contributed by atoms with Gasteiger partial charge in [-0.2, -0.15) is 0 Å². The van der Waals surface area contributed by atoms with E-state index in [9.17, 15) is 4.39 Å².